The van der Waals surface area contributed by atoms with Crippen LogP contribution in [-0.2, 0) is 0 Å². The van der Waals surface area contributed by atoms with Gasteiger partial charge >= 0.3 is 162 Å². The second kappa shape index (κ2) is 12.8. The van der Waals surface area contributed by atoms with Crippen LogP contribution in [0.3, 0.4) is 0 Å². The van der Waals surface area contributed by atoms with E-state index in [1.54, 1.807) is 5.56 Å². The quantitative estimate of drug-likeness (QED) is 0.199. The van der Waals surface area contributed by atoms with Gasteiger partial charge in [0.05, 0.1) is 0 Å². The molecule has 1 unspecified atom stereocenters. The van der Waals surface area contributed by atoms with Crippen molar-refractivity contribution in [2.24, 2.45) is 0 Å². The Kier molecular flexibility index (Phi) is 11.5. The Labute approximate surface area is 161 Å². The molecule has 0 aliphatic rings. The maximum atomic E-state index is 4.59. The third-order valence-electron chi connectivity index (χ3n) is 5.64. The van der Waals surface area contributed by atoms with Crippen LogP contribution in [0, 0.1) is 0 Å². The number of unbranched alkanes of at least 4 members (excludes halogenated alkanes) is 3. The van der Waals surface area contributed by atoms with Crippen molar-refractivity contribution >= 4 is 18.4 Å². The molecule has 0 aliphatic carbocycles. The molecule has 0 saturated carbocycles. The molecule has 0 fully saturated rings. The molecule has 140 valence electrons. The van der Waals surface area contributed by atoms with Crippen molar-refractivity contribution in [1.29, 1.82) is 0 Å². The molecule has 0 N–H and O–H groups in total. The van der Waals surface area contributed by atoms with Gasteiger partial charge in [0, 0.05) is 0 Å². The van der Waals surface area contributed by atoms with Gasteiger partial charge in [0.25, 0.3) is 0 Å². The van der Waals surface area contributed by atoms with E-state index in [0.29, 0.717) is 3.93 Å². The Hall–Kier alpha value is -0.501. The molecule has 0 amide bonds. The van der Waals surface area contributed by atoms with Gasteiger partial charge in [-0.15, -0.1) is 0 Å². The van der Waals surface area contributed by atoms with Crippen LogP contribution in [0.5, 0.6) is 0 Å². The Morgan fingerprint density at radius 1 is 0.920 bits per heavy atom. The Morgan fingerprint density at radius 3 is 1.80 bits per heavy atom. The van der Waals surface area contributed by atoms with Crippen molar-refractivity contribution in [1.82, 2.24) is 0 Å². The fraction of sp³-hybridized carbons (Fsp3) is 0.583. The van der Waals surface area contributed by atoms with E-state index in [0.717, 1.165) is 6.42 Å². The maximum absolute atomic E-state index is 4.59. The molecular weight excluding hydrogens is 407 g/mol. The predicted molar refractivity (Wildman–Crippen MR) is 118 cm³/mol. The molecule has 0 heterocycles. The number of allylic oxidation sites excluding steroid dienone is 2. The summed E-state index contributed by atoms with van der Waals surface area (Å²) in [6, 6.07) is 11.3. The molecule has 1 aromatic rings. The van der Waals surface area contributed by atoms with Crippen LogP contribution in [0.25, 0.3) is 0 Å². The van der Waals surface area contributed by atoms with Gasteiger partial charge in [0.15, 0.2) is 0 Å². The average Bonchev–Trinajstić information content (AvgIpc) is 2.64. The Balaban J connectivity index is 3.35. The number of hydrogen-bond acceptors (Lipinski definition) is 0. The zero-order valence-corrected chi connectivity index (χ0v) is 19.9. The molecule has 0 aliphatic heterocycles. The normalized spacial score (nSPS) is 12.8. The van der Waals surface area contributed by atoms with Crippen molar-refractivity contribution in [2.45, 2.75) is 83.0 Å². The van der Waals surface area contributed by atoms with E-state index in [-0.39, 0.29) is 0 Å². The van der Waals surface area contributed by atoms with Gasteiger partial charge in [0.2, 0.25) is 0 Å². The zero-order chi connectivity index (χ0) is 18.5. The van der Waals surface area contributed by atoms with E-state index in [4.69, 9.17) is 0 Å². The summed E-state index contributed by atoms with van der Waals surface area (Å²) in [4.78, 5) is 0. The Bertz CT molecular complexity index is 466. The van der Waals surface area contributed by atoms with Crippen molar-refractivity contribution < 1.29 is 0 Å². The molecule has 1 heteroatoms. The zero-order valence-electron chi connectivity index (χ0n) is 17.0. The van der Waals surface area contributed by atoms with E-state index in [1.807, 2.05) is 0 Å². The standard InChI is InChI=1S/C12H13.3C4H9.Sn/c1-3-7-11(2)10-12-8-5-4-6-9-12;3*1-3-4-2;/h3-6,8-10H,1-2,7H2;3*1,3-4H2,2H3;. The molecule has 25 heavy (non-hydrogen) atoms. The fourth-order valence-electron chi connectivity index (χ4n) is 4.37. The third kappa shape index (κ3) is 6.96. The van der Waals surface area contributed by atoms with Crippen molar-refractivity contribution in [2.75, 3.05) is 0 Å². The molecule has 0 nitrogen and oxygen atoms in total. The van der Waals surface area contributed by atoms with Gasteiger partial charge < -0.3 is 0 Å². The van der Waals surface area contributed by atoms with Crippen LogP contribution in [0.2, 0.25) is 13.3 Å². The predicted octanol–water partition coefficient (Wildman–Crippen LogP) is 8.29. The second-order valence-electron chi connectivity index (χ2n) is 7.67. The minimum atomic E-state index is -2.41. The van der Waals surface area contributed by atoms with Gasteiger partial charge in [-0.05, 0) is 0 Å². The van der Waals surface area contributed by atoms with Gasteiger partial charge in [-0.2, -0.15) is 0 Å². The van der Waals surface area contributed by atoms with E-state index < -0.39 is 18.4 Å². The first-order chi connectivity index (χ1) is 12.1. The molecule has 0 aromatic heterocycles. The van der Waals surface area contributed by atoms with Gasteiger partial charge in [0.1, 0.15) is 0 Å². The molecule has 0 bridgehead atoms. The van der Waals surface area contributed by atoms with Crippen LogP contribution < -0.4 is 0 Å². The number of rotatable bonds is 14. The van der Waals surface area contributed by atoms with Gasteiger partial charge in [-0.25, -0.2) is 0 Å². The van der Waals surface area contributed by atoms with Crippen LogP contribution in [0.15, 0.2) is 55.1 Å². The summed E-state index contributed by atoms with van der Waals surface area (Å²) in [5.74, 6) is 0. The van der Waals surface area contributed by atoms with Crippen LogP contribution in [0.1, 0.15) is 75.2 Å². The van der Waals surface area contributed by atoms with Crippen LogP contribution in [-0.4, -0.2) is 18.4 Å². The summed E-state index contributed by atoms with van der Waals surface area (Å²) in [7, 11) is 0. The molecule has 0 saturated heterocycles. The molecule has 1 aromatic carbocycles. The monoisotopic (exact) mass is 448 g/mol. The first kappa shape index (κ1) is 22.5. The van der Waals surface area contributed by atoms with Crippen LogP contribution >= 0.6 is 0 Å². The number of benzene rings is 1. The minimum absolute atomic E-state index is 0.665. The fourth-order valence-corrected chi connectivity index (χ4v) is 23.4. The molecular formula is C24H40Sn. The summed E-state index contributed by atoms with van der Waals surface area (Å²) in [6.07, 6.45) is 11.2. The van der Waals surface area contributed by atoms with E-state index in [9.17, 15) is 0 Å². The van der Waals surface area contributed by atoms with Gasteiger partial charge in [-0.3, -0.25) is 0 Å². The summed E-state index contributed by atoms with van der Waals surface area (Å²) in [5, 5.41) is 0. The Morgan fingerprint density at radius 2 is 1.40 bits per heavy atom. The SMILES string of the molecule is C=CCC(=C)[CH](c1ccccc1)[Sn]([CH2]CCC)([CH2]CCC)[CH2]CCC. The first-order valence-corrected chi connectivity index (χ1v) is 18.2. The van der Waals surface area contributed by atoms with Crippen molar-refractivity contribution in [3.63, 3.8) is 0 Å². The molecule has 0 radical (unpaired) electrons. The summed E-state index contributed by atoms with van der Waals surface area (Å²) in [5.41, 5.74) is 2.99. The van der Waals surface area contributed by atoms with Gasteiger partial charge in [-0.1, -0.05) is 0 Å². The van der Waals surface area contributed by atoms with Crippen molar-refractivity contribution in [3.05, 3.63) is 60.7 Å². The summed E-state index contributed by atoms with van der Waals surface area (Å²) < 4.78 is 5.25. The molecule has 0 spiro atoms. The van der Waals surface area contributed by atoms with Crippen molar-refractivity contribution in [3.8, 4) is 0 Å². The van der Waals surface area contributed by atoms with E-state index in [1.165, 1.54) is 57.4 Å². The van der Waals surface area contributed by atoms with Crippen LogP contribution in [0.4, 0.5) is 0 Å². The van der Waals surface area contributed by atoms with E-state index >= 15 is 0 Å². The summed E-state index contributed by atoms with van der Waals surface area (Å²) in [6.45, 7) is 15.7. The molecule has 1 rings (SSSR count). The first-order valence-electron chi connectivity index (χ1n) is 10.5. The third-order valence-corrected chi connectivity index (χ3v) is 22.8. The second-order valence-corrected chi connectivity index (χ2v) is 21.4. The summed E-state index contributed by atoms with van der Waals surface area (Å²) >= 11 is -2.41. The molecule has 1 atom stereocenters. The van der Waals surface area contributed by atoms with E-state index in [2.05, 4.69) is 70.3 Å². The number of hydrogen-bond donors (Lipinski definition) is 0. The average molecular weight is 447 g/mol. The topological polar surface area (TPSA) is 0 Å².